The molecule has 0 unspecified atom stereocenters. The number of carbonyl (C=O) groups excluding carboxylic acids is 1. The molecule has 8 nitrogen and oxygen atoms in total. The van der Waals surface area contributed by atoms with E-state index in [-0.39, 0.29) is 28.9 Å². The first kappa shape index (κ1) is 22.5. The van der Waals surface area contributed by atoms with Crippen molar-refractivity contribution < 1.29 is 18.7 Å². The Morgan fingerprint density at radius 1 is 1.24 bits per heavy atom. The van der Waals surface area contributed by atoms with Gasteiger partial charge in [0.1, 0.15) is 16.8 Å². The van der Waals surface area contributed by atoms with Gasteiger partial charge in [-0.05, 0) is 56.2 Å². The van der Waals surface area contributed by atoms with Gasteiger partial charge in [0.25, 0.3) is 5.56 Å². The Morgan fingerprint density at radius 2 is 2.06 bits per heavy atom. The number of hydrogen-bond acceptors (Lipinski definition) is 7. The maximum absolute atomic E-state index is 13.4. The number of anilines is 1. The van der Waals surface area contributed by atoms with Crippen LogP contribution < -0.4 is 15.6 Å². The van der Waals surface area contributed by atoms with Gasteiger partial charge >= 0.3 is 0 Å². The second-order valence-corrected chi connectivity index (χ2v) is 8.96. The Bertz CT molecular complexity index is 1370. The van der Waals surface area contributed by atoms with Crippen molar-refractivity contribution in [1.29, 1.82) is 0 Å². The van der Waals surface area contributed by atoms with Crippen molar-refractivity contribution in [2.75, 3.05) is 24.3 Å². The molecule has 34 heavy (non-hydrogen) atoms. The predicted octanol–water partition coefficient (Wildman–Crippen LogP) is 4.45. The van der Waals surface area contributed by atoms with Crippen molar-refractivity contribution in [2.45, 2.75) is 37.6 Å². The van der Waals surface area contributed by atoms with E-state index >= 15 is 0 Å². The molecule has 0 aliphatic carbocycles. The minimum absolute atomic E-state index is 0.0571. The molecule has 0 bridgehead atoms. The number of rotatable bonds is 8. The molecule has 176 valence electrons. The summed E-state index contributed by atoms with van der Waals surface area (Å²) >= 11 is 1.23. The lowest BCUT2D eigenvalue weighted by atomic mass is 10.2. The Balaban J connectivity index is 1.40. The zero-order chi connectivity index (χ0) is 23.5. The Kier molecular flexibility index (Phi) is 6.55. The van der Waals surface area contributed by atoms with Gasteiger partial charge in [-0.1, -0.05) is 23.9 Å². The van der Waals surface area contributed by atoms with Crippen LogP contribution >= 0.6 is 11.8 Å². The highest BCUT2D eigenvalue weighted by Gasteiger charge is 2.23. The van der Waals surface area contributed by atoms with Gasteiger partial charge in [-0.2, -0.15) is 0 Å². The normalized spacial score (nSPS) is 15.7. The average Bonchev–Trinajstić information content (AvgIpc) is 3.49. The second-order valence-electron chi connectivity index (χ2n) is 8.02. The van der Waals surface area contributed by atoms with Crippen LogP contribution in [0.15, 0.2) is 62.9 Å². The standard InChI is InChI=1S/C25H25N3O5S/c1-2-31-17-11-9-16(10-12-17)26-21(29)15-34-25-27-22-19-7-3-4-8-20(19)33-23(22)24(30)28(25)14-18-6-5-13-32-18/h3-4,7-12,18H,2,5-6,13-15H2,1H3,(H,26,29)/t18-/m0/s1. The minimum Gasteiger partial charge on any atom is -0.494 e. The molecule has 5 rings (SSSR count). The number of ether oxygens (including phenoxy) is 2. The number of carbonyl (C=O) groups is 1. The van der Waals surface area contributed by atoms with Crippen LogP contribution in [0.5, 0.6) is 5.75 Å². The number of furan rings is 1. The third-order valence-electron chi connectivity index (χ3n) is 5.64. The fourth-order valence-corrected chi connectivity index (χ4v) is 4.85. The number of thioether (sulfide) groups is 1. The van der Waals surface area contributed by atoms with Gasteiger partial charge in [0.05, 0.1) is 25.0 Å². The molecule has 1 fully saturated rings. The molecule has 1 aliphatic rings. The molecule has 1 amide bonds. The van der Waals surface area contributed by atoms with E-state index in [1.165, 1.54) is 11.8 Å². The molecule has 0 saturated carbocycles. The third-order valence-corrected chi connectivity index (χ3v) is 6.62. The average molecular weight is 480 g/mol. The number of nitrogens with one attached hydrogen (secondary N) is 1. The van der Waals surface area contributed by atoms with Crippen LogP contribution in [0.25, 0.3) is 22.1 Å². The summed E-state index contributed by atoms with van der Waals surface area (Å²) in [5.74, 6) is 0.661. The first-order valence-electron chi connectivity index (χ1n) is 11.3. The van der Waals surface area contributed by atoms with Gasteiger partial charge in [-0.25, -0.2) is 4.98 Å². The molecular formula is C25H25N3O5S. The fraction of sp³-hybridized carbons (Fsp3) is 0.320. The lowest BCUT2D eigenvalue weighted by molar-refractivity contribution is -0.113. The Morgan fingerprint density at radius 3 is 2.82 bits per heavy atom. The van der Waals surface area contributed by atoms with Crippen LogP contribution in [-0.2, 0) is 16.1 Å². The molecule has 1 aliphatic heterocycles. The topological polar surface area (TPSA) is 95.6 Å². The number of hydrogen-bond donors (Lipinski definition) is 1. The number of fused-ring (bicyclic) bond motifs is 3. The SMILES string of the molecule is CCOc1ccc(NC(=O)CSc2nc3c(oc4ccccc43)c(=O)n2C[C@@H]2CCCO2)cc1. The maximum atomic E-state index is 13.4. The van der Waals surface area contributed by atoms with Crippen molar-refractivity contribution in [3.8, 4) is 5.75 Å². The zero-order valence-corrected chi connectivity index (χ0v) is 19.6. The first-order valence-corrected chi connectivity index (χ1v) is 12.3. The molecule has 0 spiro atoms. The van der Waals surface area contributed by atoms with Crippen LogP contribution in [0.3, 0.4) is 0 Å². The van der Waals surface area contributed by atoms with Crippen molar-refractivity contribution in [3.05, 3.63) is 58.9 Å². The maximum Gasteiger partial charge on any atom is 0.297 e. The van der Waals surface area contributed by atoms with Gasteiger partial charge in [-0.3, -0.25) is 14.2 Å². The van der Waals surface area contributed by atoms with E-state index in [0.29, 0.717) is 41.7 Å². The van der Waals surface area contributed by atoms with Crippen LogP contribution in [-0.4, -0.2) is 40.5 Å². The van der Waals surface area contributed by atoms with Gasteiger partial charge in [0.2, 0.25) is 11.5 Å². The van der Waals surface area contributed by atoms with Crippen molar-refractivity contribution >= 4 is 45.4 Å². The first-order chi connectivity index (χ1) is 16.6. The van der Waals surface area contributed by atoms with E-state index in [1.54, 1.807) is 16.7 Å². The van der Waals surface area contributed by atoms with Gasteiger partial charge in [0, 0.05) is 17.7 Å². The second kappa shape index (κ2) is 9.90. The van der Waals surface area contributed by atoms with E-state index in [9.17, 15) is 9.59 Å². The summed E-state index contributed by atoms with van der Waals surface area (Å²) in [6.07, 6.45) is 1.79. The molecule has 0 radical (unpaired) electrons. The molecular weight excluding hydrogens is 454 g/mol. The van der Waals surface area contributed by atoms with Gasteiger partial charge in [-0.15, -0.1) is 0 Å². The molecule has 9 heteroatoms. The lowest BCUT2D eigenvalue weighted by Gasteiger charge is -2.15. The lowest BCUT2D eigenvalue weighted by Crippen LogP contribution is -2.29. The highest BCUT2D eigenvalue weighted by Crippen LogP contribution is 2.28. The summed E-state index contributed by atoms with van der Waals surface area (Å²) in [6, 6.07) is 14.6. The van der Waals surface area contributed by atoms with Gasteiger partial charge in [0.15, 0.2) is 5.16 Å². The van der Waals surface area contributed by atoms with E-state index in [0.717, 1.165) is 24.0 Å². The highest BCUT2D eigenvalue weighted by molar-refractivity contribution is 7.99. The van der Waals surface area contributed by atoms with Crippen molar-refractivity contribution in [2.24, 2.45) is 0 Å². The van der Waals surface area contributed by atoms with E-state index in [1.807, 2.05) is 43.3 Å². The molecule has 1 saturated heterocycles. The molecule has 1 N–H and O–H groups in total. The fourth-order valence-electron chi connectivity index (χ4n) is 4.04. The van der Waals surface area contributed by atoms with Crippen LogP contribution in [0.2, 0.25) is 0 Å². The zero-order valence-electron chi connectivity index (χ0n) is 18.8. The molecule has 4 aromatic rings. The summed E-state index contributed by atoms with van der Waals surface area (Å²) in [7, 11) is 0. The number of benzene rings is 2. The van der Waals surface area contributed by atoms with E-state index in [4.69, 9.17) is 18.9 Å². The van der Waals surface area contributed by atoms with Crippen LogP contribution in [0.1, 0.15) is 19.8 Å². The Labute approximate surface area is 200 Å². The summed E-state index contributed by atoms with van der Waals surface area (Å²) in [6.45, 7) is 3.57. The largest absolute Gasteiger partial charge is 0.494 e. The number of nitrogens with zero attached hydrogens (tertiary/aromatic N) is 2. The summed E-state index contributed by atoms with van der Waals surface area (Å²) in [5.41, 5.74) is 1.77. The monoisotopic (exact) mass is 479 g/mol. The molecule has 3 heterocycles. The molecule has 1 atom stereocenters. The van der Waals surface area contributed by atoms with Crippen molar-refractivity contribution in [3.63, 3.8) is 0 Å². The molecule has 2 aromatic heterocycles. The van der Waals surface area contributed by atoms with E-state index in [2.05, 4.69) is 5.32 Å². The summed E-state index contributed by atoms with van der Waals surface area (Å²) in [4.78, 5) is 30.8. The van der Waals surface area contributed by atoms with Crippen molar-refractivity contribution in [1.82, 2.24) is 9.55 Å². The van der Waals surface area contributed by atoms with Gasteiger partial charge < -0.3 is 19.2 Å². The van der Waals surface area contributed by atoms with Crippen LogP contribution in [0, 0.1) is 0 Å². The minimum atomic E-state index is -0.258. The third kappa shape index (κ3) is 4.67. The number of amides is 1. The van der Waals surface area contributed by atoms with Crippen LogP contribution in [0.4, 0.5) is 5.69 Å². The molecule has 2 aromatic carbocycles. The quantitative estimate of drug-likeness (QED) is 0.295. The summed E-state index contributed by atoms with van der Waals surface area (Å²) in [5, 5.41) is 4.13. The smallest absolute Gasteiger partial charge is 0.297 e. The number of aromatic nitrogens is 2. The highest BCUT2D eigenvalue weighted by atomic mass is 32.2. The predicted molar refractivity (Wildman–Crippen MR) is 132 cm³/mol. The van der Waals surface area contributed by atoms with E-state index < -0.39 is 0 Å². The number of para-hydroxylation sites is 1. The Hall–Kier alpha value is -3.30. The summed E-state index contributed by atoms with van der Waals surface area (Å²) < 4.78 is 18.6.